The van der Waals surface area contributed by atoms with E-state index in [0.29, 0.717) is 0 Å². The summed E-state index contributed by atoms with van der Waals surface area (Å²) in [4.78, 5) is 21.2. The molecule has 0 aromatic heterocycles. The van der Waals surface area contributed by atoms with Gasteiger partial charge < -0.3 is 30.5 Å². The van der Waals surface area contributed by atoms with E-state index in [1.807, 2.05) is 0 Å². The smallest absolute Gasteiger partial charge is 0.246 e. The third-order valence-corrected chi connectivity index (χ3v) is 2.09. The van der Waals surface area contributed by atoms with Crippen molar-refractivity contribution in [2.24, 2.45) is 0 Å². The molecule has 7 heteroatoms. The Labute approximate surface area is 98.4 Å². The third-order valence-electron chi connectivity index (χ3n) is 2.09. The molecular weight excluding hydrogens is 230 g/mol. The molecule has 17 heavy (non-hydrogen) atoms. The van der Waals surface area contributed by atoms with Crippen LogP contribution in [0.25, 0.3) is 0 Å². The first-order chi connectivity index (χ1) is 7.81. The van der Waals surface area contributed by atoms with Crippen molar-refractivity contribution >= 4 is 12.2 Å². The van der Waals surface area contributed by atoms with Gasteiger partial charge in [0, 0.05) is 12.1 Å². The summed E-state index contributed by atoms with van der Waals surface area (Å²) >= 11 is 0. The van der Waals surface area contributed by atoms with Crippen LogP contribution < -0.4 is 5.32 Å². The van der Waals surface area contributed by atoms with Crippen LogP contribution in [0.1, 0.15) is 6.92 Å². The lowest BCUT2D eigenvalue weighted by Crippen LogP contribution is -2.49. The highest BCUT2D eigenvalue weighted by Crippen LogP contribution is 2.03. The molecule has 0 aliphatic rings. The molecule has 0 aliphatic heterocycles. The molecule has 0 aromatic carbocycles. The molecule has 0 aromatic rings. The van der Waals surface area contributed by atoms with Crippen molar-refractivity contribution in [2.45, 2.75) is 31.3 Å². The Morgan fingerprint density at radius 3 is 2.24 bits per heavy atom. The number of rotatable bonds is 7. The fourth-order valence-electron chi connectivity index (χ4n) is 0.979. The van der Waals surface area contributed by atoms with Gasteiger partial charge in [-0.15, -0.1) is 0 Å². The summed E-state index contributed by atoms with van der Waals surface area (Å²) < 4.78 is 0. The number of amides is 1. The van der Waals surface area contributed by atoms with Crippen LogP contribution in [0.15, 0.2) is 12.2 Å². The molecule has 0 radical (unpaired) electrons. The molecule has 1 amide bonds. The van der Waals surface area contributed by atoms with Crippen molar-refractivity contribution < 1.29 is 30.0 Å². The van der Waals surface area contributed by atoms with Gasteiger partial charge in [-0.25, -0.2) is 0 Å². The van der Waals surface area contributed by atoms with Gasteiger partial charge >= 0.3 is 0 Å². The number of carbonyl (C=O) groups is 2. The zero-order chi connectivity index (χ0) is 13.6. The summed E-state index contributed by atoms with van der Waals surface area (Å²) in [6, 6.07) is 0. The molecule has 98 valence electrons. The predicted octanol–water partition coefficient (Wildman–Crippen LogP) is -2.68. The lowest BCUT2D eigenvalue weighted by atomic mass is 10.0. The van der Waals surface area contributed by atoms with Gasteiger partial charge in [-0.05, 0) is 6.92 Å². The number of aldehydes is 1. The molecule has 0 rings (SSSR count). The Bertz CT molecular complexity index is 293. The van der Waals surface area contributed by atoms with E-state index in [2.05, 4.69) is 11.9 Å². The van der Waals surface area contributed by atoms with E-state index in [1.165, 1.54) is 6.92 Å². The minimum Gasteiger partial charge on any atom is -0.388 e. The molecule has 0 heterocycles. The van der Waals surface area contributed by atoms with Gasteiger partial charge in [-0.3, -0.25) is 4.79 Å². The lowest BCUT2D eigenvalue weighted by Gasteiger charge is -2.24. The number of aliphatic hydroxyl groups excluding tert-OH is 4. The SMILES string of the molecule is C=C(C)C(=O)NC[C@@H](O)[C@@H](O)[C@H](O)[C@@H](O)C=O. The molecule has 5 N–H and O–H groups in total. The van der Waals surface area contributed by atoms with Crippen LogP contribution in [0.2, 0.25) is 0 Å². The van der Waals surface area contributed by atoms with E-state index < -0.39 is 30.3 Å². The van der Waals surface area contributed by atoms with E-state index in [0.717, 1.165) is 0 Å². The molecule has 7 nitrogen and oxygen atoms in total. The standard InChI is InChI=1S/C10H17NO6/c1-5(2)10(17)11-3-6(13)8(15)9(16)7(14)4-12/h4,6-9,13-16H,1,3H2,2H3,(H,11,17)/t6-,7+,8-,9-/m1/s1. The maximum Gasteiger partial charge on any atom is 0.246 e. The van der Waals surface area contributed by atoms with E-state index in [4.69, 9.17) is 5.11 Å². The van der Waals surface area contributed by atoms with Gasteiger partial charge in [0.1, 0.15) is 18.3 Å². The zero-order valence-corrected chi connectivity index (χ0v) is 9.41. The maximum absolute atomic E-state index is 11.1. The van der Waals surface area contributed by atoms with Gasteiger partial charge in [0.05, 0.1) is 6.10 Å². The largest absolute Gasteiger partial charge is 0.388 e. The average molecular weight is 247 g/mol. The maximum atomic E-state index is 11.1. The molecule has 0 bridgehead atoms. The number of hydrogen-bond donors (Lipinski definition) is 5. The quantitative estimate of drug-likeness (QED) is 0.246. The Kier molecular flexibility index (Phi) is 6.59. The highest BCUT2D eigenvalue weighted by Gasteiger charge is 2.30. The summed E-state index contributed by atoms with van der Waals surface area (Å²) in [6.45, 7) is 4.49. The summed E-state index contributed by atoms with van der Waals surface area (Å²) in [7, 11) is 0. The van der Waals surface area contributed by atoms with E-state index in [1.54, 1.807) is 0 Å². The number of aliphatic hydroxyl groups is 4. The summed E-state index contributed by atoms with van der Waals surface area (Å²) in [6.07, 6.45) is -6.84. The molecule has 4 atom stereocenters. The van der Waals surface area contributed by atoms with Gasteiger partial charge in [0.25, 0.3) is 0 Å². The Morgan fingerprint density at radius 2 is 1.82 bits per heavy atom. The van der Waals surface area contributed by atoms with Crippen LogP contribution in [-0.4, -0.2) is 63.6 Å². The highest BCUT2D eigenvalue weighted by molar-refractivity contribution is 5.92. The topological polar surface area (TPSA) is 127 Å². The van der Waals surface area contributed by atoms with Crippen LogP contribution in [0.4, 0.5) is 0 Å². The molecule has 0 fully saturated rings. The summed E-state index contributed by atoms with van der Waals surface area (Å²) in [5.74, 6) is -0.512. The highest BCUT2D eigenvalue weighted by atomic mass is 16.4. The van der Waals surface area contributed by atoms with Crippen molar-refractivity contribution in [3.63, 3.8) is 0 Å². The first kappa shape index (κ1) is 15.7. The Morgan fingerprint density at radius 1 is 1.29 bits per heavy atom. The fourth-order valence-corrected chi connectivity index (χ4v) is 0.979. The van der Waals surface area contributed by atoms with Crippen LogP contribution in [0.3, 0.4) is 0 Å². The molecule has 0 unspecified atom stereocenters. The van der Waals surface area contributed by atoms with Crippen LogP contribution in [0, 0.1) is 0 Å². The minimum atomic E-state index is -1.82. The predicted molar refractivity (Wildman–Crippen MR) is 57.9 cm³/mol. The van der Waals surface area contributed by atoms with E-state index in [-0.39, 0.29) is 18.4 Å². The zero-order valence-electron chi connectivity index (χ0n) is 9.41. The van der Waals surface area contributed by atoms with Crippen molar-refractivity contribution in [3.8, 4) is 0 Å². The minimum absolute atomic E-state index is 0.0348. The monoisotopic (exact) mass is 247 g/mol. The molecule has 0 saturated heterocycles. The molecule has 0 saturated carbocycles. The number of carbonyl (C=O) groups excluding carboxylic acids is 2. The Balaban J connectivity index is 4.22. The van der Waals surface area contributed by atoms with E-state index >= 15 is 0 Å². The third kappa shape index (κ3) is 5.05. The van der Waals surface area contributed by atoms with Gasteiger partial charge in [-0.2, -0.15) is 0 Å². The first-order valence-corrected chi connectivity index (χ1v) is 4.92. The van der Waals surface area contributed by atoms with Gasteiger partial charge in [0.2, 0.25) is 5.91 Å². The molecular formula is C10H17NO6. The molecule has 0 spiro atoms. The molecule has 0 aliphatic carbocycles. The van der Waals surface area contributed by atoms with Crippen LogP contribution in [-0.2, 0) is 9.59 Å². The normalized spacial score (nSPS) is 17.7. The fraction of sp³-hybridized carbons (Fsp3) is 0.600. The number of hydrogen-bond acceptors (Lipinski definition) is 6. The average Bonchev–Trinajstić information content (AvgIpc) is 2.32. The van der Waals surface area contributed by atoms with Crippen molar-refractivity contribution in [2.75, 3.05) is 6.54 Å². The first-order valence-electron chi connectivity index (χ1n) is 4.92. The van der Waals surface area contributed by atoms with Gasteiger partial charge in [0.15, 0.2) is 6.29 Å². The number of nitrogens with one attached hydrogen (secondary N) is 1. The van der Waals surface area contributed by atoms with Crippen LogP contribution >= 0.6 is 0 Å². The second-order valence-corrected chi connectivity index (χ2v) is 3.67. The summed E-state index contributed by atoms with van der Waals surface area (Å²) in [5, 5.41) is 39.1. The van der Waals surface area contributed by atoms with Crippen molar-refractivity contribution in [3.05, 3.63) is 12.2 Å². The second kappa shape index (κ2) is 7.13. The second-order valence-electron chi connectivity index (χ2n) is 3.67. The van der Waals surface area contributed by atoms with Gasteiger partial charge in [-0.1, -0.05) is 6.58 Å². The lowest BCUT2D eigenvalue weighted by molar-refractivity contribution is -0.134. The van der Waals surface area contributed by atoms with Crippen LogP contribution in [0.5, 0.6) is 0 Å². The van der Waals surface area contributed by atoms with E-state index in [9.17, 15) is 24.9 Å². The Hall–Kier alpha value is -1.28. The van der Waals surface area contributed by atoms with Crippen molar-refractivity contribution in [1.82, 2.24) is 5.32 Å². The summed E-state index contributed by atoms with van der Waals surface area (Å²) in [5.41, 5.74) is 0.222. The van der Waals surface area contributed by atoms with Crippen molar-refractivity contribution in [1.29, 1.82) is 0 Å².